The molecule has 6 nitrogen and oxygen atoms in total. The normalized spacial score (nSPS) is 12.2. The van der Waals surface area contributed by atoms with E-state index in [1.54, 1.807) is 19.9 Å². The minimum absolute atomic E-state index is 0.0922. The van der Waals surface area contributed by atoms with E-state index < -0.39 is 5.60 Å². The number of aromatic amines is 1. The number of rotatable bonds is 7. The van der Waals surface area contributed by atoms with Crippen molar-refractivity contribution in [3.8, 4) is 5.88 Å². The molecule has 2 aromatic rings. The van der Waals surface area contributed by atoms with Gasteiger partial charge in [0.25, 0.3) is 0 Å². The molecule has 0 atom stereocenters. The maximum atomic E-state index is 11.3. The van der Waals surface area contributed by atoms with Crippen LogP contribution in [0, 0.1) is 0 Å². The molecule has 2 rings (SSSR count). The predicted molar refractivity (Wildman–Crippen MR) is 83.8 cm³/mol. The van der Waals surface area contributed by atoms with Crippen LogP contribution in [-0.4, -0.2) is 38.0 Å². The summed E-state index contributed by atoms with van der Waals surface area (Å²) in [5.74, 6) is 0.521. The van der Waals surface area contributed by atoms with Gasteiger partial charge < -0.3 is 14.8 Å². The fourth-order valence-corrected chi connectivity index (χ4v) is 1.95. The van der Waals surface area contributed by atoms with E-state index in [1.165, 1.54) is 6.33 Å². The number of aromatic nitrogens is 3. The molecule has 0 saturated heterocycles. The molecule has 0 unspecified atom stereocenters. The maximum absolute atomic E-state index is 11.3. The van der Waals surface area contributed by atoms with Crippen LogP contribution in [0.3, 0.4) is 0 Å². The lowest BCUT2D eigenvalue weighted by atomic mass is 10.1. The molecule has 0 saturated carbocycles. The summed E-state index contributed by atoms with van der Waals surface area (Å²) in [4.78, 5) is 22.7. The Morgan fingerprint density at radius 2 is 2.23 bits per heavy atom. The maximum Gasteiger partial charge on any atom is 0.226 e. The first-order valence-electron chi connectivity index (χ1n) is 7.26. The Bertz CT molecular complexity index is 683. The second kappa shape index (κ2) is 6.70. The third-order valence-corrected chi connectivity index (χ3v) is 3.07. The minimum atomic E-state index is -0.943. The topological polar surface area (TPSA) is 88.1 Å². The zero-order valence-corrected chi connectivity index (χ0v) is 13.1. The number of nitrogens with one attached hydrogen (secondary N) is 1. The number of carbonyl (C=O) groups is 1. The van der Waals surface area contributed by atoms with Crippen LogP contribution in [-0.2, 0) is 11.2 Å². The highest BCUT2D eigenvalue weighted by atomic mass is 16.5. The Morgan fingerprint density at radius 1 is 1.45 bits per heavy atom. The lowest BCUT2D eigenvalue weighted by Gasteiger charge is -2.17. The van der Waals surface area contributed by atoms with Crippen LogP contribution in [0.1, 0.15) is 32.8 Å². The Hall–Kier alpha value is -2.21. The fraction of sp³-hybridized carbons (Fsp3) is 0.438. The van der Waals surface area contributed by atoms with Crippen molar-refractivity contribution < 1.29 is 14.6 Å². The van der Waals surface area contributed by atoms with Gasteiger partial charge in [0.15, 0.2) is 5.78 Å². The molecular weight excluding hydrogens is 282 g/mol. The quantitative estimate of drug-likeness (QED) is 0.765. The van der Waals surface area contributed by atoms with Crippen molar-refractivity contribution in [1.82, 2.24) is 15.0 Å². The molecule has 0 radical (unpaired) electrons. The van der Waals surface area contributed by atoms with Gasteiger partial charge in [0.1, 0.15) is 18.6 Å². The van der Waals surface area contributed by atoms with E-state index in [9.17, 15) is 9.90 Å². The molecule has 22 heavy (non-hydrogen) atoms. The molecule has 0 aliphatic carbocycles. The van der Waals surface area contributed by atoms with E-state index >= 15 is 0 Å². The van der Waals surface area contributed by atoms with Crippen molar-refractivity contribution in [2.45, 2.75) is 39.2 Å². The van der Waals surface area contributed by atoms with Crippen LogP contribution < -0.4 is 4.74 Å². The van der Waals surface area contributed by atoms with Crippen LogP contribution in [0.25, 0.3) is 11.0 Å². The molecular formula is C16H21N3O3. The average molecular weight is 303 g/mol. The summed E-state index contributed by atoms with van der Waals surface area (Å²) in [6.45, 7) is 5.30. The Kier molecular flexibility index (Phi) is 4.92. The number of aliphatic hydroxyl groups is 1. The summed E-state index contributed by atoms with van der Waals surface area (Å²) in [6, 6.07) is 0. The zero-order valence-electron chi connectivity index (χ0n) is 13.1. The van der Waals surface area contributed by atoms with E-state index in [0.717, 1.165) is 10.9 Å². The number of ether oxygens (including phenoxy) is 1. The molecule has 118 valence electrons. The van der Waals surface area contributed by atoms with E-state index in [0.29, 0.717) is 24.4 Å². The van der Waals surface area contributed by atoms with E-state index in [4.69, 9.17) is 4.74 Å². The third-order valence-electron chi connectivity index (χ3n) is 3.07. The second-order valence-electron chi connectivity index (χ2n) is 5.74. The molecule has 0 amide bonds. The summed E-state index contributed by atoms with van der Waals surface area (Å²) >= 11 is 0. The highest BCUT2D eigenvalue weighted by molar-refractivity contribution is 5.89. The minimum Gasteiger partial charge on any atom is -0.474 e. The monoisotopic (exact) mass is 303 g/mol. The zero-order chi connectivity index (χ0) is 16.2. The van der Waals surface area contributed by atoms with Gasteiger partial charge in [0.05, 0.1) is 11.0 Å². The molecule has 6 heteroatoms. The number of H-pyrrole nitrogens is 1. The molecule has 0 aliphatic heterocycles. The van der Waals surface area contributed by atoms with Crippen molar-refractivity contribution in [2.75, 3.05) is 6.61 Å². The van der Waals surface area contributed by atoms with Gasteiger partial charge in [0.2, 0.25) is 5.88 Å². The summed E-state index contributed by atoms with van der Waals surface area (Å²) in [7, 11) is 0. The van der Waals surface area contributed by atoms with Crippen LogP contribution in [0.2, 0.25) is 0 Å². The van der Waals surface area contributed by atoms with Gasteiger partial charge in [-0.25, -0.2) is 9.97 Å². The van der Waals surface area contributed by atoms with E-state index in [1.807, 2.05) is 19.2 Å². The predicted octanol–water partition coefficient (Wildman–Crippen LogP) is 2.19. The number of ketones is 1. The van der Waals surface area contributed by atoms with Crippen LogP contribution in [0.5, 0.6) is 5.88 Å². The molecule has 2 aromatic heterocycles. The number of fused-ring (bicyclic) bond motifs is 1. The molecule has 2 N–H and O–H groups in total. The standard InChI is InChI=1S/C16H21N3O3/c1-4-12(20)7-5-6-11-8-17-14-13(11)15(19-10-18-14)22-9-16(2,3)21/h5,7-8,10,21H,4,6,9H2,1-3H3,(H,17,18,19). The highest BCUT2D eigenvalue weighted by Crippen LogP contribution is 2.26. The van der Waals surface area contributed by atoms with Gasteiger partial charge in [-0.1, -0.05) is 13.0 Å². The summed E-state index contributed by atoms with van der Waals surface area (Å²) in [6.07, 6.45) is 7.72. The molecule has 0 aliphatic rings. The number of carbonyl (C=O) groups excluding carboxylic acids is 1. The lowest BCUT2D eigenvalue weighted by molar-refractivity contribution is -0.114. The van der Waals surface area contributed by atoms with Crippen molar-refractivity contribution in [1.29, 1.82) is 0 Å². The molecule has 0 fully saturated rings. The van der Waals surface area contributed by atoms with E-state index in [-0.39, 0.29) is 12.4 Å². The van der Waals surface area contributed by atoms with Gasteiger partial charge in [-0.3, -0.25) is 4.79 Å². The molecule has 0 aromatic carbocycles. The van der Waals surface area contributed by atoms with Gasteiger partial charge in [-0.05, 0) is 31.9 Å². The third kappa shape index (κ3) is 4.14. The van der Waals surface area contributed by atoms with Crippen LogP contribution in [0.15, 0.2) is 24.7 Å². The Morgan fingerprint density at radius 3 is 2.91 bits per heavy atom. The van der Waals surface area contributed by atoms with Crippen molar-refractivity contribution >= 4 is 16.8 Å². The smallest absolute Gasteiger partial charge is 0.226 e. The first-order chi connectivity index (χ1) is 10.4. The molecule has 0 bridgehead atoms. The lowest BCUT2D eigenvalue weighted by Crippen LogP contribution is -2.28. The molecule has 2 heterocycles. The Balaban J connectivity index is 2.24. The average Bonchev–Trinajstić information content (AvgIpc) is 2.88. The Labute approximate surface area is 129 Å². The van der Waals surface area contributed by atoms with Gasteiger partial charge >= 0.3 is 0 Å². The SMILES string of the molecule is CCC(=O)C=CCc1c[nH]c2ncnc(OCC(C)(C)O)c12. The van der Waals surface area contributed by atoms with Gasteiger partial charge in [0, 0.05) is 12.6 Å². The highest BCUT2D eigenvalue weighted by Gasteiger charge is 2.17. The summed E-state index contributed by atoms with van der Waals surface area (Å²) in [5.41, 5.74) is 0.675. The van der Waals surface area contributed by atoms with Crippen molar-refractivity contribution in [2.24, 2.45) is 0 Å². The summed E-state index contributed by atoms with van der Waals surface area (Å²) < 4.78 is 5.62. The number of allylic oxidation sites excluding steroid dienone is 2. The number of hydrogen-bond donors (Lipinski definition) is 2. The molecule has 0 spiro atoms. The van der Waals surface area contributed by atoms with Crippen LogP contribution in [0.4, 0.5) is 0 Å². The first kappa shape index (κ1) is 16.2. The van der Waals surface area contributed by atoms with Crippen LogP contribution >= 0.6 is 0 Å². The number of hydrogen-bond acceptors (Lipinski definition) is 5. The van der Waals surface area contributed by atoms with Crippen molar-refractivity contribution in [3.05, 3.63) is 30.2 Å². The van der Waals surface area contributed by atoms with Gasteiger partial charge in [-0.2, -0.15) is 0 Å². The largest absolute Gasteiger partial charge is 0.474 e. The second-order valence-corrected chi connectivity index (χ2v) is 5.74. The van der Waals surface area contributed by atoms with E-state index in [2.05, 4.69) is 15.0 Å². The number of nitrogens with zero attached hydrogens (tertiary/aromatic N) is 2. The van der Waals surface area contributed by atoms with Crippen molar-refractivity contribution in [3.63, 3.8) is 0 Å². The first-order valence-corrected chi connectivity index (χ1v) is 7.26. The van der Waals surface area contributed by atoms with Gasteiger partial charge in [-0.15, -0.1) is 0 Å². The summed E-state index contributed by atoms with van der Waals surface area (Å²) in [5, 5.41) is 10.6. The fourth-order valence-electron chi connectivity index (χ4n) is 1.95.